The maximum atomic E-state index is 11.6. The topological polar surface area (TPSA) is 105 Å². The highest BCUT2D eigenvalue weighted by Gasteiger charge is 2.42. The lowest BCUT2D eigenvalue weighted by molar-refractivity contribution is -0.196. The van der Waals surface area contributed by atoms with E-state index in [4.69, 9.17) is 4.84 Å². The maximum Gasteiger partial charge on any atom is 0.333 e. The van der Waals surface area contributed by atoms with Crippen LogP contribution in [0.5, 0.6) is 0 Å². The lowest BCUT2D eigenvalue weighted by atomic mass is 10.0. The Balaban J connectivity index is 1.63. The smallest absolute Gasteiger partial charge is 0.332 e. The van der Waals surface area contributed by atoms with Gasteiger partial charge in [0.2, 0.25) is 0 Å². The highest BCUT2D eigenvalue weighted by molar-refractivity contribution is 8.00. The molecule has 2 aliphatic heterocycles. The summed E-state index contributed by atoms with van der Waals surface area (Å²) in [5.74, 6) is -0.235. The second-order valence-electron chi connectivity index (χ2n) is 5.51. The van der Waals surface area contributed by atoms with Crippen LogP contribution in [0.25, 0.3) is 0 Å². The number of hydrogen-bond acceptors (Lipinski definition) is 6. The first-order valence-electron chi connectivity index (χ1n) is 7.72. The minimum Gasteiger partial charge on any atom is -0.332 e. The van der Waals surface area contributed by atoms with Gasteiger partial charge in [-0.25, -0.2) is 9.59 Å². The Hall–Kier alpha value is -1.77. The molecular formula is C14H21N3O5S. The van der Waals surface area contributed by atoms with Crippen LogP contribution in [0.15, 0.2) is 0 Å². The predicted molar refractivity (Wildman–Crippen MR) is 83.3 cm³/mol. The van der Waals surface area contributed by atoms with Crippen LogP contribution in [0.4, 0.5) is 4.79 Å². The molecule has 0 radical (unpaired) electrons. The van der Waals surface area contributed by atoms with Crippen molar-refractivity contribution in [1.29, 1.82) is 0 Å². The Kier molecular flexibility index (Phi) is 6.26. The average molecular weight is 343 g/mol. The summed E-state index contributed by atoms with van der Waals surface area (Å²) in [7, 11) is 0. The van der Waals surface area contributed by atoms with Crippen molar-refractivity contribution in [3.8, 4) is 0 Å². The Labute approximate surface area is 138 Å². The van der Waals surface area contributed by atoms with E-state index >= 15 is 0 Å². The summed E-state index contributed by atoms with van der Waals surface area (Å²) >= 11 is 1.82. The van der Waals surface area contributed by atoms with Crippen LogP contribution >= 0.6 is 11.8 Å². The highest BCUT2D eigenvalue weighted by atomic mass is 32.2. The lowest BCUT2D eigenvalue weighted by Gasteiger charge is -2.16. The Morgan fingerprint density at radius 1 is 1.39 bits per heavy atom. The summed E-state index contributed by atoms with van der Waals surface area (Å²) in [6.45, 7) is 1.58. The van der Waals surface area contributed by atoms with Gasteiger partial charge in [-0.1, -0.05) is 13.3 Å². The molecule has 0 aliphatic carbocycles. The quantitative estimate of drug-likeness (QED) is 0.303. The van der Waals surface area contributed by atoms with Gasteiger partial charge in [0.15, 0.2) is 0 Å². The Morgan fingerprint density at radius 2 is 2.17 bits per heavy atom. The standard InChI is InChI=1S/C14H21N3O5S/c1-2-11(19)17(8-18)22-12(20)6-4-3-5-10-13-9(7-23-10)15-14(21)16-13/h8-10,13H,2-7H2,1H3,(H2,15,16,21)/t9-,10-,13?/m0/s1. The molecule has 0 aromatic rings. The van der Waals surface area contributed by atoms with Gasteiger partial charge in [-0.3, -0.25) is 9.59 Å². The first-order valence-corrected chi connectivity index (χ1v) is 8.76. The summed E-state index contributed by atoms with van der Waals surface area (Å²) in [5.41, 5.74) is 0. The number of hydrogen-bond donors (Lipinski definition) is 2. The number of carbonyl (C=O) groups excluding carboxylic acids is 4. The fourth-order valence-corrected chi connectivity index (χ4v) is 4.24. The van der Waals surface area contributed by atoms with Gasteiger partial charge in [0.05, 0.1) is 12.1 Å². The van der Waals surface area contributed by atoms with E-state index in [1.54, 1.807) is 6.92 Å². The summed E-state index contributed by atoms with van der Waals surface area (Å²) in [5, 5.41) is 6.60. The number of rotatable bonds is 7. The van der Waals surface area contributed by atoms with E-state index in [0.29, 0.717) is 16.7 Å². The summed E-state index contributed by atoms with van der Waals surface area (Å²) < 4.78 is 0. The van der Waals surface area contributed by atoms with Crippen molar-refractivity contribution in [2.24, 2.45) is 0 Å². The number of urea groups is 1. The maximum absolute atomic E-state index is 11.6. The van der Waals surface area contributed by atoms with Crippen molar-refractivity contribution in [3.05, 3.63) is 0 Å². The van der Waals surface area contributed by atoms with Crippen molar-refractivity contribution in [3.63, 3.8) is 0 Å². The lowest BCUT2D eigenvalue weighted by Crippen LogP contribution is -2.36. The normalized spacial score (nSPS) is 25.3. The van der Waals surface area contributed by atoms with Gasteiger partial charge in [0, 0.05) is 23.8 Å². The Morgan fingerprint density at radius 3 is 2.87 bits per heavy atom. The minimum atomic E-state index is -0.591. The van der Waals surface area contributed by atoms with E-state index in [1.165, 1.54) is 0 Å². The average Bonchev–Trinajstić information content (AvgIpc) is 3.08. The zero-order valence-corrected chi connectivity index (χ0v) is 13.8. The van der Waals surface area contributed by atoms with Gasteiger partial charge in [0.1, 0.15) is 0 Å². The van der Waals surface area contributed by atoms with Gasteiger partial charge in [-0.05, 0) is 12.8 Å². The number of thioether (sulfide) groups is 1. The van der Waals surface area contributed by atoms with E-state index in [1.807, 2.05) is 11.8 Å². The molecule has 2 N–H and O–H groups in total. The zero-order chi connectivity index (χ0) is 16.8. The number of fused-ring (bicyclic) bond motifs is 1. The van der Waals surface area contributed by atoms with Crippen LogP contribution in [0.2, 0.25) is 0 Å². The number of imide groups is 1. The molecule has 2 heterocycles. The van der Waals surface area contributed by atoms with Crippen molar-refractivity contribution in [1.82, 2.24) is 15.7 Å². The third-order valence-corrected chi connectivity index (χ3v) is 5.41. The van der Waals surface area contributed by atoms with E-state index < -0.39 is 11.9 Å². The molecule has 0 saturated carbocycles. The fraction of sp³-hybridized carbons (Fsp3) is 0.714. The molecular weight excluding hydrogens is 322 g/mol. The molecule has 2 aliphatic rings. The highest BCUT2D eigenvalue weighted by Crippen LogP contribution is 2.33. The van der Waals surface area contributed by atoms with E-state index in [9.17, 15) is 19.2 Å². The monoisotopic (exact) mass is 343 g/mol. The molecule has 8 nitrogen and oxygen atoms in total. The summed E-state index contributed by atoms with van der Waals surface area (Å²) in [6, 6.07) is 0.249. The molecule has 0 aromatic carbocycles. The zero-order valence-electron chi connectivity index (χ0n) is 12.9. The molecule has 0 spiro atoms. The van der Waals surface area contributed by atoms with Crippen molar-refractivity contribution in [2.75, 3.05) is 5.75 Å². The molecule has 0 bridgehead atoms. The van der Waals surface area contributed by atoms with E-state index in [0.717, 1.165) is 18.6 Å². The first-order chi connectivity index (χ1) is 11.0. The molecule has 1 unspecified atom stereocenters. The largest absolute Gasteiger partial charge is 0.333 e. The van der Waals surface area contributed by atoms with Crippen LogP contribution in [-0.2, 0) is 19.2 Å². The molecule has 2 fully saturated rings. The third kappa shape index (κ3) is 4.60. The molecule has 9 heteroatoms. The Bertz CT molecular complexity index is 487. The molecule has 2 rings (SSSR count). The van der Waals surface area contributed by atoms with E-state index in [2.05, 4.69) is 10.6 Å². The SMILES string of the molecule is CCC(=O)N(C=O)OC(=O)CCCC[C@@H]1SC[C@@H]2NC(=O)NC21. The van der Waals surface area contributed by atoms with Crippen LogP contribution in [-0.4, -0.2) is 52.5 Å². The second-order valence-corrected chi connectivity index (χ2v) is 6.78. The van der Waals surface area contributed by atoms with Crippen molar-refractivity contribution < 1.29 is 24.0 Å². The van der Waals surface area contributed by atoms with Gasteiger partial charge in [-0.2, -0.15) is 11.8 Å². The van der Waals surface area contributed by atoms with Crippen LogP contribution in [0, 0.1) is 0 Å². The number of carbonyl (C=O) groups is 4. The summed E-state index contributed by atoms with van der Waals surface area (Å²) in [6.07, 6.45) is 2.77. The predicted octanol–water partition coefficient (Wildman–Crippen LogP) is 0.565. The van der Waals surface area contributed by atoms with Gasteiger partial charge in [0.25, 0.3) is 12.3 Å². The van der Waals surface area contributed by atoms with Crippen LogP contribution in [0.1, 0.15) is 39.0 Å². The fourth-order valence-electron chi connectivity index (χ4n) is 2.70. The van der Waals surface area contributed by atoms with Crippen LogP contribution < -0.4 is 10.6 Å². The minimum absolute atomic E-state index is 0.0905. The van der Waals surface area contributed by atoms with Gasteiger partial charge < -0.3 is 15.5 Å². The van der Waals surface area contributed by atoms with Crippen molar-refractivity contribution in [2.45, 2.75) is 56.4 Å². The van der Waals surface area contributed by atoms with E-state index in [-0.39, 0.29) is 37.4 Å². The molecule has 3 atom stereocenters. The molecule has 4 amide bonds. The van der Waals surface area contributed by atoms with Crippen LogP contribution in [0.3, 0.4) is 0 Å². The van der Waals surface area contributed by atoms with Gasteiger partial charge in [-0.15, -0.1) is 5.06 Å². The number of nitrogens with one attached hydrogen (secondary N) is 2. The summed E-state index contributed by atoms with van der Waals surface area (Å²) in [4.78, 5) is 49.5. The molecule has 0 aromatic heterocycles. The molecule has 23 heavy (non-hydrogen) atoms. The molecule has 2 saturated heterocycles. The first kappa shape index (κ1) is 17.6. The molecule has 128 valence electrons. The number of nitrogens with zero attached hydrogens (tertiary/aromatic N) is 1. The second kappa shape index (κ2) is 8.19. The van der Waals surface area contributed by atoms with Crippen molar-refractivity contribution >= 4 is 36.1 Å². The third-order valence-electron chi connectivity index (χ3n) is 3.90. The number of unbranched alkanes of at least 4 members (excludes halogenated alkanes) is 1. The number of amides is 4. The number of hydroxylamine groups is 2. The van der Waals surface area contributed by atoms with Gasteiger partial charge >= 0.3 is 12.0 Å².